The van der Waals surface area contributed by atoms with Gasteiger partial charge in [-0.25, -0.2) is 4.68 Å². The molecule has 0 aliphatic carbocycles. The lowest BCUT2D eigenvalue weighted by atomic mass is 10.1. The fourth-order valence-electron chi connectivity index (χ4n) is 2.32. The highest BCUT2D eigenvalue weighted by Gasteiger charge is 2.37. The van der Waals surface area contributed by atoms with Gasteiger partial charge in [-0.2, -0.15) is 18.3 Å². The Morgan fingerprint density at radius 2 is 2.09 bits per heavy atom. The van der Waals surface area contributed by atoms with Crippen molar-refractivity contribution in [2.45, 2.75) is 26.1 Å². The lowest BCUT2D eigenvalue weighted by Crippen LogP contribution is -2.28. The number of aliphatic imine (C=N–C) groups is 1. The van der Waals surface area contributed by atoms with Crippen LogP contribution in [0.15, 0.2) is 35.5 Å². The van der Waals surface area contributed by atoms with Crippen molar-refractivity contribution in [2.75, 3.05) is 5.32 Å². The molecule has 1 unspecified atom stereocenters. The van der Waals surface area contributed by atoms with Crippen LogP contribution in [0, 0.1) is 5.92 Å². The van der Waals surface area contributed by atoms with Crippen molar-refractivity contribution >= 4 is 23.3 Å². The van der Waals surface area contributed by atoms with Crippen molar-refractivity contribution in [1.29, 1.82) is 0 Å². The summed E-state index contributed by atoms with van der Waals surface area (Å²) in [6.45, 7) is 1.44. The summed E-state index contributed by atoms with van der Waals surface area (Å²) in [5.74, 6) is -0.555. The third kappa shape index (κ3) is 3.19. The second-order valence-electron chi connectivity index (χ2n) is 5.42. The van der Waals surface area contributed by atoms with Gasteiger partial charge in [0.15, 0.2) is 0 Å². The molecule has 1 aromatic heterocycles. The highest BCUT2D eigenvalue weighted by molar-refractivity contribution is 6.32. The summed E-state index contributed by atoms with van der Waals surface area (Å²) in [6, 6.07) is 7.14. The van der Waals surface area contributed by atoms with Gasteiger partial charge in [-0.15, -0.1) is 0 Å². The number of anilines is 1. The maximum Gasteiger partial charge on any atom is 0.391 e. The Labute approximate surface area is 136 Å². The van der Waals surface area contributed by atoms with Crippen LogP contribution in [-0.4, -0.2) is 21.8 Å². The highest BCUT2D eigenvalue weighted by atomic mass is 35.5. The predicted molar refractivity (Wildman–Crippen MR) is 83.2 cm³/mol. The Hall–Kier alpha value is -2.02. The first-order valence-electron chi connectivity index (χ1n) is 7.05. The van der Waals surface area contributed by atoms with Crippen LogP contribution in [0.2, 0.25) is 5.02 Å². The minimum absolute atomic E-state index is 0.198. The van der Waals surface area contributed by atoms with E-state index in [0.717, 1.165) is 12.5 Å². The summed E-state index contributed by atoms with van der Waals surface area (Å²) in [4.78, 5) is 4.17. The van der Waals surface area contributed by atoms with E-state index in [0.29, 0.717) is 28.9 Å². The lowest BCUT2D eigenvalue weighted by molar-refractivity contribution is -0.167. The molecule has 8 heteroatoms. The molecule has 3 rings (SSSR count). The molecule has 0 spiro atoms. The number of fused-ring (bicyclic) bond motifs is 1. The van der Waals surface area contributed by atoms with Crippen LogP contribution in [0.1, 0.15) is 18.9 Å². The summed E-state index contributed by atoms with van der Waals surface area (Å²) in [5, 5.41) is 7.74. The van der Waals surface area contributed by atoms with Crippen LogP contribution < -0.4 is 5.32 Å². The van der Waals surface area contributed by atoms with Crippen LogP contribution in [-0.2, 0) is 6.54 Å². The largest absolute Gasteiger partial charge is 0.391 e. The summed E-state index contributed by atoms with van der Waals surface area (Å²) in [6.07, 6.45) is -2.80. The number of amidine groups is 1. The van der Waals surface area contributed by atoms with Gasteiger partial charge in [-0.05, 0) is 12.1 Å². The smallest absolute Gasteiger partial charge is 0.328 e. The average molecular weight is 343 g/mol. The SMILES string of the molecule is CC(CC1=NCc2cnn(-c3ccccc3Cl)c2N1)C(F)(F)F. The van der Waals surface area contributed by atoms with Gasteiger partial charge in [0.05, 0.1) is 29.4 Å². The number of para-hydroxylation sites is 1. The maximum absolute atomic E-state index is 12.7. The predicted octanol–water partition coefficient (Wildman–Crippen LogP) is 4.44. The van der Waals surface area contributed by atoms with Gasteiger partial charge < -0.3 is 5.32 Å². The Bertz CT molecular complexity index is 751. The first-order valence-corrected chi connectivity index (χ1v) is 7.43. The Kier molecular flexibility index (Phi) is 4.06. The molecule has 1 aromatic carbocycles. The zero-order chi connectivity index (χ0) is 16.6. The molecule has 1 atom stereocenters. The summed E-state index contributed by atoms with van der Waals surface area (Å²) < 4.78 is 39.7. The zero-order valence-electron chi connectivity index (χ0n) is 12.2. The minimum atomic E-state index is -4.24. The third-order valence-corrected chi connectivity index (χ3v) is 4.01. The monoisotopic (exact) mass is 342 g/mol. The van der Waals surface area contributed by atoms with Gasteiger partial charge >= 0.3 is 6.18 Å². The molecule has 0 radical (unpaired) electrons. The molecule has 122 valence electrons. The molecule has 1 N–H and O–H groups in total. The normalized spacial score (nSPS) is 15.6. The summed E-state index contributed by atoms with van der Waals surface area (Å²) in [7, 11) is 0. The Balaban J connectivity index is 1.86. The van der Waals surface area contributed by atoms with Crippen molar-refractivity contribution in [1.82, 2.24) is 9.78 Å². The van der Waals surface area contributed by atoms with Gasteiger partial charge in [0, 0.05) is 12.0 Å². The third-order valence-electron chi connectivity index (χ3n) is 3.69. The molecule has 2 heterocycles. The van der Waals surface area contributed by atoms with Crippen LogP contribution in [0.3, 0.4) is 0 Å². The van der Waals surface area contributed by atoms with E-state index in [1.807, 2.05) is 6.07 Å². The number of halogens is 4. The maximum atomic E-state index is 12.7. The molecule has 0 bridgehead atoms. The molecule has 0 saturated carbocycles. The summed E-state index contributed by atoms with van der Waals surface area (Å²) in [5.41, 5.74) is 1.47. The fourth-order valence-corrected chi connectivity index (χ4v) is 2.53. The van der Waals surface area contributed by atoms with E-state index in [1.165, 1.54) is 0 Å². The second kappa shape index (κ2) is 5.88. The molecule has 0 saturated heterocycles. The molecule has 0 fully saturated rings. The zero-order valence-corrected chi connectivity index (χ0v) is 13.0. The molecule has 0 amide bonds. The molecular formula is C15H14ClF3N4. The van der Waals surface area contributed by atoms with E-state index in [4.69, 9.17) is 11.6 Å². The van der Waals surface area contributed by atoms with Crippen LogP contribution in [0.25, 0.3) is 5.69 Å². The summed E-state index contributed by atoms with van der Waals surface area (Å²) >= 11 is 6.17. The van der Waals surface area contributed by atoms with Crippen molar-refractivity contribution in [3.63, 3.8) is 0 Å². The number of hydrogen-bond acceptors (Lipinski definition) is 3. The van der Waals surface area contributed by atoms with Gasteiger partial charge in [0.2, 0.25) is 0 Å². The molecule has 2 aromatic rings. The molecule has 23 heavy (non-hydrogen) atoms. The van der Waals surface area contributed by atoms with Gasteiger partial charge in [0.1, 0.15) is 11.7 Å². The van der Waals surface area contributed by atoms with E-state index in [2.05, 4.69) is 15.4 Å². The second-order valence-corrected chi connectivity index (χ2v) is 5.82. The van der Waals surface area contributed by atoms with E-state index in [9.17, 15) is 13.2 Å². The quantitative estimate of drug-likeness (QED) is 0.896. The van der Waals surface area contributed by atoms with E-state index < -0.39 is 12.1 Å². The Morgan fingerprint density at radius 1 is 1.35 bits per heavy atom. The molecule has 4 nitrogen and oxygen atoms in total. The van der Waals surface area contributed by atoms with Crippen LogP contribution >= 0.6 is 11.6 Å². The van der Waals surface area contributed by atoms with Crippen molar-refractivity contribution in [2.24, 2.45) is 10.9 Å². The van der Waals surface area contributed by atoms with Gasteiger partial charge in [0.25, 0.3) is 0 Å². The topological polar surface area (TPSA) is 42.2 Å². The lowest BCUT2D eigenvalue weighted by Gasteiger charge is -2.21. The fraction of sp³-hybridized carbons (Fsp3) is 0.333. The van der Waals surface area contributed by atoms with Gasteiger partial charge in [-0.1, -0.05) is 30.7 Å². The number of benzene rings is 1. The number of nitrogens with one attached hydrogen (secondary N) is 1. The number of rotatable bonds is 3. The van der Waals surface area contributed by atoms with E-state index >= 15 is 0 Å². The molecular weight excluding hydrogens is 329 g/mol. The molecule has 1 aliphatic rings. The number of nitrogens with zero attached hydrogens (tertiary/aromatic N) is 3. The number of aromatic nitrogens is 2. The van der Waals surface area contributed by atoms with Crippen LogP contribution in [0.5, 0.6) is 0 Å². The number of hydrogen-bond donors (Lipinski definition) is 1. The first-order chi connectivity index (χ1) is 10.9. The minimum Gasteiger partial charge on any atom is -0.328 e. The standard InChI is InChI=1S/C15H14ClF3N4/c1-9(15(17,18)19)6-13-20-7-10-8-21-23(14(10)22-13)12-5-3-2-4-11(12)16/h2-5,8-9H,6-7H2,1H3,(H,20,22). The Morgan fingerprint density at radius 3 is 2.78 bits per heavy atom. The molecule has 1 aliphatic heterocycles. The van der Waals surface area contributed by atoms with Crippen molar-refractivity contribution < 1.29 is 13.2 Å². The van der Waals surface area contributed by atoms with Crippen molar-refractivity contribution in [3.05, 3.63) is 41.0 Å². The van der Waals surface area contributed by atoms with E-state index in [1.54, 1.807) is 29.1 Å². The van der Waals surface area contributed by atoms with E-state index in [-0.39, 0.29) is 6.42 Å². The van der Waals surface area contributed by atoms with Crippen LogP contribution in [0.4, 0.5) is 19.0 Å². The number of alkyl halides is 3. The van der Waals surface area contributed by atoms with Crippen molar-refractivity contribution in [3.8, 4) is 5.69 Å². The first kappa shape index (κ1) is 15.9. The van der Waals surface area contributed by atoms with Gasteiger partial charge in [-0.3, -0.25) is 4.99 Å². The highest BCUT2D eigenvalue weighted by Crippen LogP contribution is 2.32. The average Bonchev–Trinajstić information content (AvgIpc) is 2.90.